The second-order valence-corrected chi connectivity index (χ2v) is 9.75. The summed E-state index contributed by atoms with van der Waals surface area (Å²) in [5, 5.41) is 2.84. The van der Waals surface area contributed by atoms with E-state index >= 15 is 0 Å². The van der Waals surface area contributed by atoms with Crippen LogP contribution in [0.4, 0.5) is 15.8 Å². The molecule has 1 heterocycles. The van der Waals surface area contributed by atoms with E-state index in [2.05, 4.69) is 5.32 Å². The lowest BCUT2D eigenvalue weighted by molar-refractivity contribution is -0.115. The van der Waals surface area contributed by atoms with Crippen LogP contribution in [0.2, 0.25) is 0 Å². The van der Waals surface area contributed by atoms with Crippen LogP contribution in [-0.4, -0.2) is 35.1 Å². The van der Waals surface area contributed by atoms with Gasteiger partial charge in [-0.2, -0.15) is 0 Å². The zero-order chi connectivity index (χ0) is 24.3. The molecule has 178 valence electrons. The number of sulfonamides is 1. The van der Waals surface area contributed by atoms with Gasteiger partial charge in [0.1, 0.15) is 5.82 Å². The van der Waals surface area contributed by atoms with Crippen molar-refractivity contribution in [2.24, 2.45) is 0 Å². The van der Waals surface area contributed by atoms with Crippen LogP contribution in [0.3, 0.4) is 0 Å². The van der Waals surface area contributed by atoms with Gasteiger partial charge in [0.25, 0.3) is 10.0 Å². The maximum absolute atomic E-state index is 13.3. The molecule has 1 aliphatic rings. The monoisotopic (exact) mass is 484 g/mol. The average molecular weight is 485 g/mol. The highest BCUT2D eigenvalue weighted by Crippen LogP contribution is 2.34. The van der Waals surface area contributed by atoms with Gasteiger partial charge in [0.15, 0.2) is 11.5 Å². The van der Waals surface area contributed by atoms with Crippen LogP contribution in [0.25, 0.3) is 0 Å². The number of benzene rings is 3. The van der Waals surface area contributed by atoms with Gasteiger partial charge in [0.2, 0.25) is 5.91 Å². The fourth-order valence-electron chi connectivity index (χ4n) is 3.98. The number of amides is 1. The van der Waals surface area contributed by atoms with Crippen molar-refractivity contribution in [2.75, 3.05) is 30.4 Å². The van der Waals surface area contributed by atoms with E-state index in [0.717, 1.165) is 29.7 Å². The minimum atomic E-state index is -3.87. The van der Waals surface area contributed by atoms with Crippen LogP contribution >= 0.6 is 0 Å². The number of fused-ring (bicyclic) bond motifs is 1. The molecule has 4 rings (SSSR count). The van der Waals surface area contributed by atoms with Gasteiger partial charge in [-0.1, -0.05) is 12.1 Å². The quantitative estimate of drug-likeness (QED) is 0.544. The number of hydrogen-bond donors (Lipinski definition) is 1. The third-order valence-corrected chi connectivity index (χ3v) is 7.49. The number of ether oxygens (including phenoxy) is 2. The lowest BCUT2D eigenvalue weighted by Crippen LogP contribution is -2.35. The SMILES string of the molecule is COc1ccc(CC(=O)Nc2ccc3c(c2)N(S(=O)(=O)c2ccc(F)cc2)CCC3)cc1OC. The highest BCUT2D eigenvalue weighted by atomic mass is 32.2. The summed E-state index contributed by atoms with van der Waals surface area (Å²) in [4.78, 5) is 12.7. The van der Waals surface area contributed by atoms with Crippen molar-refractivity contribution < 1.29 is 27.1 Å². The Bertz CT molecular complexity index is 1310. The molecule has 0 fully saturated rings. The van der Waals surface area contributed by atoms with E-state index in [1.54, 1.807) is 37.4 Å². The summed E-state index contributed by atoms with van der Waals surface area (Å²) >= 11 is 0. The molecule has 0 aliphatic carbocycles. The first kappa shape index (κ1) is 23.6. The van der Waals surface area contributed by atoms with Crippen molar-refractivity contribution in [1.82, 2.24) is 0 Å². The molecule has 7 nitrogen and oxygen atoms in total. The lowest BCUT2D eigenvalue weighted by Gasteiger charge is -2.31. The second-order valence-electron chi connectivity index (χ2n) is 7.89. The Hall–Kier alpha value is -3.59. The third kappa shape index (κ3) is 4.84. The fourth-order valence-corrected chi connectivity index (χ4v) is 5.52. The number of nitrogens with zero attached hydrogens (tertiary/aromatic N) is 1. The highest BCUT2D eigenvalue weighted by Gasteiger charge is 2.29. The summed E-state index contributed by atoms with van der Waals surface area (Å²) < 4.78 is 51.6. The maximum atomic E-state index is 13.3. The largest absolute Gasteiger partial charge is 0.493 e. The molecule has 9 heteroatoms. The molecule has 1 aliphatic heterocycles. The van der Waals surface area contributed by atoms with Crippen molar-refractivity contribution in [3.05, 3.63) is 77.6 Å². The van der Waals surface area contributed by atoms with E-state index in [-0.39, 0.29) is 17.2 Å². The molecule has 0 bridgehead atoms. The normalized spacial score (nSPS) is 13.2. The van der Waals surface area contributed by atoms with E-state index in [1.807, 2.05) is 6.07 Å². The van der Waals surface area contributed by atoms with Crippen molar-refractivity contribution in [1.29, 1.82) is 0 Å². The Labute approximate surface area is 198 Å². The summed E-state index contributed by atoms with van der Waals surface area (Å²) in [7, 11) is -0.802. The second kappa shape index (κ2) is 9.72. The van der Waals surface area contributed by atoms with Crippen LogP contribution in [-0.2, 0) is 27.7 Å². The zero-order valence-electron chi connectivity index (χ0n) is 18.9. The molecular weight excluding hydrogens is 459 g/mol. The van der Waals surface area contributed by atoms with E-state index in [9.17, 15) is 17.6 Å². The Morgan fingerprint density at radius 3 is 2.44 bits per heavy atom. The first-order chi connectivity index (χ1) is 16.3. The Kier molecular flexibility index (Phi) is 6.74. The molecule has 0 spiro atoms. The van der Waals surface area contributed by atoms with Crippen LogP contribution in [0, 0.1) is 5.82 Å². The van der Waals surface area contributed by atoms with E-state index in [4.69, 9.17) is 9.47 Å². The zero-order valence-corrected chi connectivity index (χ0v) is 19.7. The van der Waals surface area contributed by atoms with Crippen molar-refractivity contribution in [3.63, 3.8) is 0 Å². The van der Waals surface area contributed by atoms with Crippen molar-refractivity contribution in [3.8, 4) is 11.5 Å². The summed E-state index contributed by atoms with van der Waals surface area (Å²) in [6, 6.07) is 15.3. The van der Waals surface area contributed by atoms with Gasteiger partial charge in [-0.05, 0) is 72.5 Å². The van der Waals surface area contributed by atoms with E-state index in [1.165, 1.54) is 23.5 Å². The Morgan fingerprint density at radius 1 is 1.00 bits per heavy atom. The fraction of sp³-hybridized carbons (Fsp3) is 0.240. The standard InChI is InChI=1S/C25H25FN2O5S/c1-32-23-12-5-17(14-24(23)33-2)15-25(29)27-20-9-6-18-4-3-13-28(22(18)16-20)34(30,31)21-10-7-19(26)8-11-21/h5-12,14,16H,3-4,13,15H2,1-2H3,(H,27,29). The number of carbonyl (C=O) groups excluding carboxylic acids is 1. The lowest BCUT2D eigenvalue weighted by atomic mass is 10.0. The molecule has 0 atom stereocenters. The Morgan fingerprint density at radius 2 is 1.74 bits per heavy atom. The van der Waals surface area contributed by atoms with Crippen molar-refractivity contribution >= 4 is 27.3 Å². The number of halogens is 1. The first-order valence-electron chi connectivity index (χ1n) is 10.7. The van der Waals surface area contributed by atoms with Gasteiger partial charge in [0.05, 0.1) is 31.2 Å². The highest BCUT2D eigenvalue weighted by molar-refractivity contribution is 7.92. The minimum absolute atomic E-state index is 0.0182. The van der Waals surface area contributed by atoms with Gasteiger partial charge < -0.3 is 14.8 Å². The number of anilines is 2. The molecule has 3 aromatic rings. The van der Waals surface area contributed by atoms with Crippen molar-refractivity contribution in [2.45, 2.75) is 24.2 Å². The molecule has 0 radical (unpaired) electrons. The summed E-state index contributed by atoms with van der Waals surface area (Å²) in [5.74, 6) is 0.348. The van der Waals surface area contributed by atoms with Gasteiger partial charge >= 0.3 is 0 Å². The van der Waals surface area contributed by atoms with Crippen LogP contribution < -0.4 is 19.1 Å². The summed E-state index contributed by atoms with van der Waals surface area (Å²) in [5.41, 5.74) is 2.62. The number of rotatable bonds is 7. The molecule has 1 amide bonds. The van der Waals surface area contributed by atoms with Gasteiger partial charge in [0, 0.05) is 12.2 Å². The predicted octanol–water partition coefficient (Wildman–Crippen LogP) is 4.17. The topological polar surface area (TPSA) is 84.9 Å². The van der Waals surface area contributed by atoms with Crippen LogP contribution in [0.1, 0.15) is 17.5 Å². The predicted molar refractivity (Wildman–Crippen MR) is 128 cm³/mol. The molecule has 0 saturated carbocycles. The number of hydrogen-bond acceptors (Lipinski definition) is 5. The molecular formula is C25H25FN2O5S. The van der Waals surface area contributed by atoms with Gasteiger partial charge in [-0.15, -0.1) is 0 Å². The number of aryl methyl sites for hydroxylation is 1. The van der Waals surface area contributed by atoms with E-state index in [0.29, 0.717) is 35.8 Å². The average Bonchev–Trinajstić information content (AvgIpc) is 2.83. The molecule has 0 unspecified atom stereocenters. The minimum Gasteiger partial charge on any atom is -0.493 e. The van der Waals surface area contributed by atoms with Crippen LogP contribution in [0.15, 0.2) is 65.6 Å². The molecule has 3 aromatic carbocycles. The number of methoxy groups -OCH3 is 2. The maximum Gasteiger partial charge on any atom is 0.264 e. The number of nitrogens with one attached hydrogen (secondary N) is 1. The third-order valence-electron chi connectivity index (χ3n) is 5.66. The smallest absolute Gasteiger partial charge is 0.264 e. The van der Waals surface area contributed by atoms with Gasteiger partial charge in [-0.3, -0.25) is 9.10 Å². The Balaban J connectivity index is 1.55. The molecule has 1 N–H and O–H groups in total. The first-order valence-corrected chi connectivity index (χ1v) is 12.2. The molecule has 0 saturated heterocycles. The summed E-state index contributed by atoms with van der Waals surface area (Å²) in [6.07, 6.45) is 1.50. The van der Waals surface area contributed by atoms with Crippen LogP contribution in [0.5, 0.6) is 11.5 Å². The number of carbonyl (C=O) groups is 1. The van der Waals surface area contributed by atoms with Gasteiger partial charge in [-0.25, -0.2) is 12.8 Å². The molecule has 34 heavy (non-hydrogen) atoms. The van der Waals surface area contributed by atoms with E-state index < -0.39 is 15.8 Å². The summed E-state index contributed by atoms with van der Waals surface area (Å²) in [6.45, 7) is 0.301. The molecule has 0 aromatic heterocycles.